The minimum absolute atomic E-state index is 0.0369. The number of carbonyl (C=O) groups is 2. The van der Waals surface area contributed by atoms with Crippen LogP contribution in [0.5, 0.6) is 11.5 Å². The number of ketones is 1. The van der Waals surface area contributed by atoms with E-state index in [-0.39, 0.29) is 18.6 Å². The van der Waals surface area contributed by atoms with Crippen LogP contribution in [0.3, 0.4) is 0 Å². The Kier molecular flexibility index (Phi) is 8.18. The summed E-state index contributed by atoms with van der Waals surface area (Å²) >= 11 is 3.27. The molecule has 1 atom stereocenters. The topological polar surface area (TPSA) is 72.8 Å². The monoisotopic (exact) mass is 544 g/mol. The molecule has 0 spiro atoms. The highest BCUT2D eigenvalue weighted by Gasteiger charge is 2.45. The Balaban J connectivity index is 1.65. The normalized spacial score (nSPS) is 12.4. The first-order valence-corrected chi connectivity index (χ1v) is 12.2. The molecule has 0 fully saturated rings. The minimum Gasteiger partial charge on any atom is -0.485 e. The molecule has 4 aromatic carbocycles. The molecule has 0 amide bonds. The number of alkyl halides is 1. The first-order chi connectivity index (χ1) is 17.5. The van der Waals surface area contributed by atoms with E-state index in [0.717, 1.165) is 16.7 Å². The Labute approximate surface area is 218 Å². The maximum atomic E-state index is 13.3. The molecule has 4 aromatic rings. The zero-order chi connectivity index (χ0) is 25.4. The lowest BCUT2D eigenvalue weighted by molar-refractivity contribution is -0.143. The van der Waals surface area contributed by atoms with Gasteiger partial charge in [-0.15, -0.1) is 0 Å². The van der Waals surface area contributed by atoms with Gasteiger partial charge in [0.15, 0.2) is 17.3 Å². The Morgan fingerprint density at radius 3 is 1.64 bits per heavy atom. The Hall–Kier alpha value is -3.90. The van der Waals surface area contributed by atoms with Crippen molar-refractivity contribution in [3.05, 3.63) is 131 Å². The number of carboxylic acid groups (broad SMARTS) is 1. The molecule has 0 saturated carbocycles. The fourth-order valence-electron chi connectivity index (χ4n) is 3.73. The third kappa shape index (κ3) is 6.01. The number of rotatable bonds is 11. The van der Waals surface area contributed by atoms with Gasteiger partial charge in [0, 0.05) is 6.42 Å². The summed E-state index contributed by atoms with van der Waals surface area (Å²) in [7, 11) is 0. The summed E-state index contributed by atoms with van der Waals surface area (Å²) in [6.45, 7) is 0.569. The predicted octanol–water partition coefficient (Wildman–Crippen LogP) is 6.33. The molecule has 182 valence electrons. The van der Waals surface area contributed by atoms with Crippen molar-refractivity contribution in [3.8, 4) is 11.5 Å². The van der Waals surface area contributed by atoms with Gasteiger partial charge in [-0.2, -0.15) is 0 Å². The fraction of sp³-hybridized carbons (Fsp3) is 0.133. The number of halogens is 1. The third-order valence-electron chi connectivity index (χ3n) is 5.70. The molecule has 0 aliphatic carbocycles. The summed E-state index contributed by atoms with van der Waals surface area (Å²) in [5, 5.41) is 10.1. The Morgan fingerprint density at radius 2 is 1.14 bits per heavy atom. The fourth-order valence-corrected chi connectivity index (χ4v) is 4.12. The van der Waals surface area contributed by atoms with E-state index >= 15 is 0 Å². The molecule has 6 heteroatoms. The van der Waals surface area contributed by atoms with Crippen molar-refractivity contribution in [1.82, 2.24) is 0 Å². The van der Waals surface area contributed by atoms with Gasteiger partial charge in [-0.25, -0.2) is 4.79 Å². The van der Waals surface area contributed by atoms with Gasteiger partial charge < -0.3 is 14.6 Å². The smallest absolute Gasteiger partial charge is 0.332 e. The molecule has 0 radical (unpaired) electrons. The highest BCUT2D eigenvalue weighted by Crippen LogP contribution is 2.39. The molecule has 0 aliphatic rings. The van der Waals surface area contributed by atoms with Gasteiger partial charge in [-0.3, -0.25) is 4.79 Å². The number of hydrogen-bond donors (Lipinski definition) is 1. The lowest BCUT2D eigenvalue weighted by atomic mass is 9.90. The third-order valence-corrected chi connectivity index (χ3v) is 6.94. The lowest BCUT2D eigenvalue weighted by Gasteiger charge is -2.24. The largest absolute Gasteiger partial charge is 0.485 e. The maximum absolute atomic E-state index is 13.3. The average molecular weight is 545 g/mol. The van der Waals surface area contributed by atoms with Gasteiger partial charge >= 0.3 is 5.97 Å². The number of carboxylic acids is 1. The number of benzene rings is 4. The standard InChI is InChI=1S/C30H25BrO5/c31-30(29(33)34,28(32)18-22-10-4-1-5-11-22)25-16-17-26(35-20-23-12-6-2-7-13-23)27(19-25)36-21-24-14-8-3-9-15-24/h1-17,19H,18,20-21H2,(H,33,34). The minimum atomic E-state index is -1.94. The van der Waals surface area contributed by atoms with E-state index in [0.29, 0.717) is 18.1 Å². The maximum Gasteiger partial charge on any atom is 0.332 e. The molecule has 0 bridgehead atoms. The van der Waals surface area contributed by atoms with Crippen LogP contribution in [0.25, 0.3) is 0 Å². The van der Waals surface area contributed by atoms with Crippen LogP contribution in [0.2, 0.25) is 0 Å². The summed E-state index contributed by atoms with van der Waals surface area (Å²) in [6, 6.07) is 33.2. The van der Waals surface area contributed by atoms with E-state index in [2.05, 4.69) is 15.9 Å². The molecule has 1 N–H and O–H groups in total. The van der Waals surface area contributed by atoms with E-state index in [1.807, 2.05) is 78.9 Å². The van der Waals surface area contributed by atoms with Crippen LogP contribution in [0.15, 0.2) is 109 Å². The van der Waals surface area contributed by atoms with Crippen molar-refractivity contribution < 1.29 is 24.2 Å². The number of carbonyl (C=O) groups excluding carboxylic acids is 1. The van der Waals surface area contributed by atoms with Crippen molar-refractivity contribution >= 4 is 27.7 Å². The van der Waals surface area contributed by atoms with Crippen LogP contribution in [0.4, 0.5) is 0 Å². The number of ether oxygens (including phenoxy) is 2. The second kappa shape index (κ2) is 11.7. The molecule has 0 heterocycles. The molecule has 36 heavy (non-hydrogen) atoms. The second-order valence-corrected chi connectivity index (χ2v) is 9.45. The van der Waals surface area contributed by atoms with Gasteiger partial charge in [-0.1, -0.05) is 113 Å². The Morgan fingerprint density at radius 1 is 0.667 bits per heavy atom. The second-order valence-electron chi connectivity index (χ2n) is 8.26. The quantitative estimate of drug-likeness (QED) is 0.176. The first kappa shape index (κ1) is 25.2. The number of Topliss-reactive ketones (excluding diaryl/α,β-unsaturated/α-hetero) is 1. The molecule has 4 rings (SSSR count). The van der Waals surface area contributed by atoms with Gasteiger partial charge in [0.25, 0.3) is 0 Å². The molecular formula is C30H25BrO5. The summed E-state index contributed by atoms with van der Waals surface area (Å²) < 4.78 is 10.2. The van der Waals surface area contributed by atoms with Crippen molar-refractivity contribution in [2.45, 2.75) is 24.0 Å². The highest BCUT2D eigenvalue weighted by molar-refractivity contribution is 9.10. The van der Waals surface area contributed by atoms with Crippen molar-refractivity contribution in [2.75, 3.05) is 0 Å². The van der Waals surface area contributed by atoms with E-state index in [9.17, 15) is 14.7 Å². The summed E-state index contributed by atoms with van der Waals surface area (Å²) in [6.07, 6.45) is -0.0369. The van der Waals surface area contributed by atoms with Crippen LogP contribution in [0.1, 0.15) is 22.3 Å². The molecular weight excluding hydrogens is 520 g/mol. The van der Waals surface area contributed by atoms with Crippen LogP contribution >= 0.6 is 15.9 Å². The van der Waals surface area contributed by atoms with E-state index in [1.165, 1.54) is 0 Å². The van der Waals surface area contributed by atoms with E-state index in [1.54, 1.807) is 30.3 Å². The van der Waals surface area contributed by atoms with Gasteiger partial charge in [0.1, 0.15) is 13.2 Å². The molecule has 0 aromatic heterocycles. The molecule has 5 nitrogen and oxygen atoms in total. The molecule has 0 aliphatic heterocycles. The zero-order valence-electron chi connectivity index (χ0n) is 19.5. The van der Waals surface area contributed by atoms with Crippen LogP contribution < -0.4 is 9.47 Å². The van der Waals surface area contributed by atoms with Crippen molar-refractivity contribution in [3.63, 3.8) is 0 Å². The lowest BCUT2D eigenvalue weighted by Crippen LogP contribution is -2.39. The summed E-state index contributed by atoms with van der Waals surface area (Å²) in [4.78, 5) is 25.7. The van der Waals surface area contributed by atoms with Crippen molar-refractivity contribution in [1.29, 1.82) is 0 Å². The zero-order valence-corrected chi connectivity index (χ0v) is 21.1. The molecule has 0 saturated heterocycles. The van der Waals surface area contributed by atoms with E-state index < -0.39 is 16.1 Å². The SMILES string of the molecule is O=C(O)C(Br)(C(=O)Cc1ccccc1)c1ccc(OCc2ccccc2)c(OCc2ccccc2)c1. The van der Waals surface area contributed by atoms with Gasteiger partial charge in [0.2, 0.25) is 4.32 Å². The predicted molar refractivity (Wildman–Crippen MR) is 141 cm³/mol. The van der Waals surface area contributed by atoms with Crippen LogP contribution in [-0.2, 0) is 33.5 Å². The van der Waals surface area contributed by atoms with Crippen molar-refractivity contribution in [2.24, 2.45) is 0 Å². The average Bonchev–Trinajstić information content (AvgIpc) is 2.92. The highest BCUT2D eigenvalue weighted by atomic mass is 79.9. The van der Waals surface area contributed by atoms with Crippen LogP contribution in [0, 0.1) is 0 Å². The van der Waals surface area contributed by atoms with Gasteiger partial charge in [0.05, 0.1) is 0 Å². The van der Waals surface area contributed by atoms with Gasteiger partial charge in [-0.05, 0) is 34.4 Å². The summed E-state index contributed by atoms with van der Waals surface area (Å²) in [5.74, 6) is -0.984. The number of aliphatic carboxylic acids is 1. The first-order valence-electron chi connectivity index (χ1n) is 11.4. The molecule has 1 unspecified atom stereocenters. The summed E-state index contributed by atoms with van der Waals surface area (Å²) in [5.41, 5.74) is 2.91. The Bertz CT molecular complexity index is 1310. The van der Waals surface area contributed by atoms with E-state index in [4.69, 9.17) is 9.47 Å². The van der Waals surface area contributed by atoms with Crippen LogP contribution in [-0.4, -0.2) is 16.9 Å². The number of hydrogen-bond acceptors (Lipinski definition) is 4.